The van der Waals surface area contributed by atoms with Gasteiger partial charge in [-0.2, -0.15) is 0 Å². The van der Waals surface area contributed by atoms with Crippen molar-refractivity contribution < 1.29 is 9.59 Å². The predicted octanol–water partition coefficient (Wildman–Crippen LogP) is 4.74. The average Bonchev–Trinajstić information content (AvgIpc) is 3.36. The number of thiophene rings is 1. The minimum atomic E-state index is -0.433. The first kappa shape index (κ1) is 19.2. The lowest BCUT2D eigenvalue weighted by atomic mass is 9.72. The molecule has 1 fully saturated rings. The van der Waals surface area contributed by atoms with Gasteiger partial charge >= 0.3 is 0 Å². The van der Waals surface area contributed by atoms with Crippen LogP contribution in [0.25, 0.3) is 0 Å². The Bertz CT molecular complexity index is 911. The Balaban J connectivity index is 1.53. The Morgan fingerprint density at radius 2 is 1.89 bits per heavy atom. The van der Waals surface area contributed by atoms with E-state index in [0.29, 0.717) is 16.5 Å². The van der Waals surface area contributed by atoms with E-state index in [0.717, 1.165) is 31.2 Å². The van der Waals surface area contributed by atoms with Crippen LogP contribution in [0.3, 0.4) is 0 Å². The highest BCUT2D eigenvalue weighted by atomic mass is 32.1. The van der Waals surface area contributed by atoms with E-state index in [4.69, 9.17) is 5.73 Å². The number of fused-ring (bicyclic) bond motifs is 1. The molecular formula is C23H28N2O2S. The number of rotatable bonds is 4. The van der Waals surface area contributed by atoms with E-state index < -0.39 is 5.91 Å². The van der Waals surface area contributed by atoms with Crippen molar-refractivity contribution in [3.05, 3.63) is 51.9 Å². The van der Waals surface area contributed by atoms with Crippen LogP contribution in [-0.4, -0.2) is 11.8 Å². The first-order valence-corrected chi connectivity index (χ1v) is 10.9. The smallest absolute Gasteiger partial charge is 0.251 e. The van der Waals surface area contributed by atoms with E-state index in [1.54, 1.807) is 11.3 Å². The van der Waals surface area contributed by atoms with E-state index in [9.17, 15) is 9.59 Å². The third-order valence-corrected chi connectivity index (χ3v) is 7.50. The van der Waals surface area contributed by atoms with Gasteiger partial charge in [-0.05, 0) is 54.1 Å². The third-order valence-electron chi connectivity index (χ3n) is 6.33. The minimum Gasteiger partial charge on any atom is -0.365 e. The molecule has 3 atom stereocenters. The number of amides is 2. The van der Waals surface area contributed by atoms with E-state index >= 15 is 0 Å². The monoisotopic (exact) mass is 396 g/mol. The van der Waals surface area contributed by atoms with Gasteiger partial charge in [0.05, 0.1) is 5.56 Å². The number of nitrogens with one attached hydrogen (secondary N) is 1. The molecule has 1 aromatic carbocycles. The summed E-state index contributed by atoms with van der Waals surface area (Å²) in [6, 6.07) is 10.1. The highest BCUT2D eigenvalue weighted by Crippen LogP contribution is 2.49. The van der Waals surface area contributed by atoms with Gasteiger partial charge in [-0.1, -0.05) is 51.1 Å². The predicted molar refractivity (Wildman–Crippen MR) is 114 cm³/mol. The lowest BCUT2D eigenvalue weighted by Gasteiger charge is -2.33. The summed E-state index contributed by atoms with van der Waals surface area (Å²) in [7, 11) is 0. The number of carbonyl (C=O) groups is 2. The molecule has 2 aliphatic carbocycles. The highest BCUT2D eigenvalue weighted by molar-refractivity contribution is 7.17. The van der Waals surface area contributed by atoms with Crippen molar-refractivity contribution in [2.24, 2.45) is 23.0 Å². The molecule has 1 aromatic heterocycles. The van der Waals surface area contributed by atoms with Gasteiger partial charge in [0.1, 0.15) is 5.00 Å². The van der Waals surface area contributed by atoms with Crippen LogP contribution in [0, 0.1) is 17.3 Å². The number of carbonyl (C=O) groups excluding carboxylic acids is 2. The summed E-state index contributed by atoms with van der Waals surface area (Å²) in [5.41, 5.74) is 8.74. The van der Waals surface area contributed by atoms with Crippen LogP contribution in [0.15, 0.2) is 30.3 Å². The Hall–Kier alpha value is -2.14. The molecule has 2 aromatic rings. The van der Waals surface area contributed by atoms with Gasteiger partial charge in [-0.15, -0.1) is 11.3 Å². The van der Waals surface area contributed by atoms with E-state index in [-0.39, 0.29) is 23.2 Å². The Labute approximate surface area is 170 Å². The van der Waals surface area contributed by atoms with Crippen molar-refractivity contribution in [1.29, 1.82) is 0 Å². The number of anilines is 1. The number of nitrogens with two attached hydrogens (primary N) is 1. The lowest BCUT2D eigenvalue weighted by molar-refractivity contribution is -0.117. The SMILES string of the molecule is CC(C)(C)[C@@H]1CCc2c(sc(NC(=O)[C@@H]3C[C@@H]3c3ccccc3)c2C(N)=O)C1. The van der Waals surface area contributed by atoms with Crippen molar-refractivity contribution in [3.63, 3.8) is 0 Å². The van der Waals surface area contributed by atoms with Crippen LogP contribution in [-0.2, 0) is 17.6 Å². The summed E-state index contributed by atoms with van der Waals surface area (Å²) in [6.07, 6.45) is 3.73. The Morgan fingerprint density at radius 3 is 2.54 bits per heavy atom. The van der Waals surface area contributed by atoms with Crippen molar-refractivity contribution in [1.82, 2.24) is 0 Å². The second kappa shape index (κ2) is 7.03. The fourth-order valence-electron chi connectivity index (χ4n) is 4.43. The molecule has 1 saturated carbocycles. The largest absolute Gasteiger partial charge is 0.365 e. The van der Waals surface area contributed by atoms with Crippen molar-refractivity contribution in [3.8, 4) is 0 Å². The maximum atomic E-state index is 12.8. The first-order chi connectivity index (χ1) is 13.3. The Kier molecular flexibility index (Phi) is 4.82. The molecule has 4 rings (SSSR count). The molecule has 0 unspecified atom stereocenters. The van der Waals surface area contributed by atoms with E-state index in [1.807, 2.05) is 18.2 Å². The molecule has 4 nitrogen and oxygen atoms in total. The van der Waals surface area contributed by atoms with Crippen LogP contribution in [0.5, 0.6) is 0 Å². The van der Waals surface area contributed by atoms with Gasteiger partial charge < -0.3 is 11.1 Å². The molecule has 0 saturated heterocycles. The number of hydrogen-bond acceptors (Lipinski definition) is 3. The van der Waals surface area contributed by atoms with Gasteiger partial charge in [0.25, 0.3) is 5.91 Å². The summed E-state index contributed by atoms with van der Waals surface area (Å²) in [5, 5.41) is 3.69. The molecule has 0 bridgehead atoms. The molecular weight excluding hydrogens is 368 g/mol. The summed E-state index contributed by atoms with van der Waals surface area (Å²) >= 11 is 1.55. The van der Waals surface area contributed by atoms with Crippen LogP contribution < -0.4 is 11.1 Å². The molecule has 1 heterocycles. The Morgan fingerprint density at radius 1 is 1.18 bits per heavy atom. The second-order valence-electron chi connectivity index (χ2n) is 9.23. The fourth-order valence-corrected chi connectivity index (χ4v) is 5.77. The summed E-state index contributed by atoms with van der Waals surface area (Å²) < 4.78 is 0. The molecule has 0 radical (unpaired) electrons. The number of hydrogen-bond donors (Lipinski definition) is 2. The van der Waals surface area contributed by atoms with Gasteiger partial charge in [0.2, 0.25) is 5.91 Å². The average molecular weight is 397 g/mol. The molecule has 2 aliphatic rings. The molecule has 0 spiro atoms. The van der Waals surface area contributed by atoms with Gasteiger partial charge in [0.15, 0.2) is 0 Å². The number of benzene rings is 1. The van der Waals surface area contributed by atoms with E-state index in [1.165, 1.54) is 10.4 Å². The minimum absolute atomic E-state index is 0.00215. The van der Waals surface area contributed by atoms with Crippen molar-refractivity contribution in [2.45, 2.75) is 52.4 Å². The molecule has 3 N–H and O–H groups in total. The highest BCUT2D eigenvalue weighted by Gasteiger charge is 2.44. The summed E-state index contributed by atoms with van der Waals surface area (Å²) in [4.78, 5) is 26.2. The molecule has 0 aliphatic heterocycles. The van der Waals surface area contributed by atoms with Crippen molar-refractivity contribution in [2.75, 3.05) is 5.32 Å². The van der Waals surface area contributed by atoms with Crippen LogP contribution in [0.2, 0.25) is 0 Å². The molecule has 148 valence electrons. The van der Waals surface area contributed by atoms with Gasteiger partial charge in [-0.3, -0.25) is 9.59 Å². The van der Waals surface area contributed by atoms with Crippen LogP contribution >= 0.6 is 11.3 Å². The second-order valence-corrected chi connectivity index (χ2v) is 10.3. The topological polar surface area (TPSA) is 72.2 Å². The zero-order chi connectivity index (χ0) is 20.1. The van der Waals surface area contributed by atoms with E-state index in [2.05, 4.69) is 38.2 Å². The zero-order valence-corrected chi connectivity index (χ0v) is 17.6. The summed E-state index contributed by atoms with van der Waals surface area (Å²) in [5.74, 6) is 0.399. The molecule has 28 heavy (non-hydrogen) atoms. The standard InChI is InChI=1S/C23H28N2O2S/c1-23(2,3)14-9-10-15-18(11-14)28-22(19(15)20(24)26)25-21(27)17-12-16(17)13-7-5-4-6-8-13/h4-8,14,16-17H,9-12H2,1-3H3,(H2,24,26)(H,25,27)/t14-,16-,17-/m1/s1. The maximum Gasteiger partial charge on any atom is 0.251 e. The summed E-state index contributed by atoms with van der Waals surface area (Å²) in [6.45, 7) is 6.81. The molecule has 2 amide bonds. The van der Waals surface area contributed by atoms with Crippen molar-refractivity contribution >= 4 is 28.2 Å². The quantitative estimate of drug-likeness (QED) is 0.783. The first-order valence-electron chi connectivity index (χ1n) is 10.1. The van der Waals surface area contributed by atoms with Crippen LogP contribution in [0.1, 0.15) is 65.9 Å². The number of primary amides is 1. The van der Waals surface area contributed by atoms with Crippen LogP contribution in [0.4, 0.5) is 5.00 Å². The fraction of sp³-hybridized carbons (Fsp3) is 0.478. The zero-order valence-electron chi connectivity index (χ0n) is 16.7. The molecule has 5 heteroatoms. The normalized spacial score (nSPS) is 23.8. The third kappa shape index (κ3) is 3.60. The van der Waals surface area contributed by atoms with Gasteiger partial charge in [0, 0.05) is 10.8 Å². The lowest BCUT2D eigenvalue weighted by Crippen LogP contribution is -2.27. The maximum absolute atomic E-state index is 12.8. The van der Waals surface area contributed by atoms with Gasteiger partial charge in [-0.25, -0.2) is 0 Å².